The fourth-order valence-electron chi connectivity index (χ4n) is 3.22. The molecule has 28 heavy (non-hydrogen) atoms. The molecule has 0 saturated carbocycles. The summed E-state index contributed by atoms with van der Waals surface area (Å²) in [6.45, 7) is 5.09. The molecule has 1 N–H and O–H groups in total. The van der Waals surface area contributed by atoms with E-state index in [1.54, 1.807) is 6.33 Å². The van der Waals surface area contributed by atoms with Crippen LogP contribution in [-0.2, 0) is 6.54 Å². The van der Waals surface area contributed by atoms with Gasteiger partial charge in [-0.3, -0.25) is 0 Å². The molecular formula is C22H20F2N4. The van der Waals surface area contributed by atoms with Crippen molar-refractivity contribution in [1.82, 2.24) is 19.5 Å². The average Bonchev–Trinajstić information content (AvgIpc) is 3.29. The first-order chi connectivity index (χ1) is 13.5. The van der Waals surface area contributed by atoms with Crippen molar-refractivity contribution in [1.29, 1.82) is 0 Å². The number of aromatic amines is 1. The Bertz CT molecular complexity index is 1080. The zero-order valence-electron chi connectivity index (χ0n) is 15.7. The third-order valence-corrected chi connectivity index (χ3v) is 4.42. The van der Waals surface area contributed by atoms with E-state index in [9.17, 15) is 8.78 Å². The van der Waals surface area contributed by atoms with Crippen molar-refractivity contribution in [2.24, 2.45) is 5.92 Å². The van der Waals surface area contributed by atoms with Crippen molar-refractivity contribution in [3.05, 3.63) is 72.7 Å². The second-order valence-electron chi connectivity index (χ2n) is 7.12. The highest BCUT2D eigenvalue weighted by molar-refractivity contribution is 5.79. The number of benzene rings is 2. The first-order valence-corrected chi connectivity index (χ1v) is 9.15. The number of rotatable bonds is 5. The molecule has 142 valence electrons. The molecule has 0 aliphatic rings. The van der Waals surface area contributed by atoms with Gasteiger partial charge < -0.3 is 9.55 Å². The lowest BCUT2D eigenvalue weighted by Gasteiger charge is -2.04. The Balaban J connectivity index is 1.87. The van der Waals surface area contributed by atoms with E-state index in [-0.39, 0.29) is 11.4 Å². The smallest absolute Gasteiger partial charge is 0.144 e. The maximum absolute atomic E-state index is 14.3. The van der Waals surface area contributed by atoms with E-state index in [1.807, 2.05) is 41.1 Å². The van der Waals surface area contributed by atoms with Crippen LogP contribution in [0, 0.1) is 17.6 Å². The second kappa shape index (κ2) is 7.38. The molecule has 4 nitrogen and oxygen atoms in total. The highest BCUT2D eigenvalue weighted by Crippen LogP contribution is 2.33. The minimum Gasteiger partial charge on any atom is -0.337 e. The van der Waals surface area contributed by atoms with Gasteiger partial charge in [0.25, 0.3) is 0 Å². The van der Waals surface area contributed by atoms with Gasteiger partial charge in [-0.2, -0.15) is 0 Å². The first kappa shape index (κ1) is 18.1. The van der Waals surface area contributed by atoms with Crippen molar-refractivity contribution < 1.29 is 8.78 Å². The zero-order valence-corrected chi connectivity index (χ0v) is 15.7. The number of hydrogen-bond donors (Lipinski definition) is 1. The predicted molar refractivity (Wildman–Crippen MR) is 105 cm³/mol. The molecule has 0 saturated heterocycles. The molecule has 0 radical (unpaired) electrons. The Morgan fingerprint density at radius 3 is 2.39 bits per heavy atom. The molecule has 6 heteroatoms. The standard InChI is InChI=1S/C22H20F2N4/c1-14(2)11-28-12-18(25-13-28)21-20(15-7-4-3-5-8-15)26-22(27-21)19-16(23)9-6-10-17(19)24/h3-10,12-14H,11H2,1-2H3,(H,26,27). The largest absolute Gasteiger partial charge is 0.337 e. The molecule has 0 spiro atoms. The van der Waals surface area contributed by atoms with E-state index < -0.39 is 11.6 Å². The van der Waals surface area contributed by atoms with E-state index in [0.29, 0.717) is 23.0 Å². The molecule has 0 aliphatic heterocycles. The van der Waals surface area contributed by atoms with Crippen LogP contribution in [-0.4, -0.2) is 19.5 Å². The van der Waals surface area contributed by atoms with Crippen LogP contribution in [0.3, 0.4) is 0 Å². The second-order valence-corrected chi connectivity index (χ2v) is 7.12. The lowest BCUT2D eigenvalue weighted by atomic mass is 10.1. The summed E-state index contributed by atoms with van der Waals surface area (Å²) in [6.07, 6.45) is 3.68. The molecule has 0 fully saturated rings. The molecule has 0 bridgehead atoms. The van der Waals surface area contributed by atoms with Gasteiger partial charge in [-0.05, 0) is 18.1 Å². The van der Waals surface area contributed by atoms with Crippen molar-refractivity contribution in [2.45, 2.75) is 20.4 Å². The third kappa shape index (κ3) is 3.45. The highest BCUT2D eigenvalue weighted by atomic mass is 19.1. The molecular weight excluding hydrogens is 358 g/mol. The lowest BCUT2D eigenvalue weighted by Crippen LogP contribution is -2.01. The Labute approximate surface area is 161 Å². The number of H-pyrrole nitrogens is 1. The summed E-state index contributed by atoms with van der Waals surface area (Å²) < 4.78 is 30.6. The van der Waals surface area contributed by atoms with Crippen LogP contribution < -0.4 is 0 Å². The number of halogens is 2. The van der Waals surface area contributed by atoms with Crippen LogP contribution in [0.5, 0.6) is 0 Å². The number of imidazole rings is 2. The topological polar surface area (TPSA) is 46.5 Å². The lowest BCUT2D eigenvalue weighted by molar-refractivity contribution is 0.523. The summed E-state index contributed by atoms with van der Waals surface area (Å²) >= 11 is 0. The van der Waals surface area contributed by atoms with Crippen LogP contribution in [0.4, 0.5) is 8.78 Å². The van der Waals surface area contributed by atoms with Gasteiger partial charge in [0, 0.05) is 18.3 Å². The fourth-order valence-corrected chi connectivity index (χ4v) is 3.22. The molecule has 0 aliphatic carbocycles. The van der Waals surface area contributed by atoms with E-state index >= 15 is 0 Å². The van der Waals surface area contributed by atoms with Gasteiger partial charge in [-0.25, -0.2) is 18.7 Å². The van der Waals surface area contributed by atoms with Crippen LogP contribution in [0.2, 0.25) is 0 Å². The van der Waals surface area contributed by atoms with Gasteiger partial charge in [0.1, 0.15) is 23.2 Å². The Morgan fingerprint density at radius 1 is 1.00 bits per heavy atom. The van der Waals surface area contributed by atoms with Crippen LogP contribution >= 0.6 is 0 Å². The van der Waals surface area contributed by atoms with E-state index in [4.69, 9.17) is 0 Å². The summed E-state index contributed by atoms with van der Waals surface area (Å²) in [7, 11) is 0. The number of hydrogen-bond acceptors (Lipinski definition) is 2. The molecule has 2 aromatic heterocycles. The van der Waals surface area contributed by atoms with Crippen molar-refractivity contribution in [3.8, 4) is 34.0 Å². The molecule has 2 heterocycles. The fraction of sp³-hybridized carbons (Fsp3) is 0.182. The van der Waals surface area contributed by atoms with Gasteiger partial charge in [0.2, 0.25) is 0 Å². The molecule has 2 aromatic carbocycles. The maximum atomic E-state index is 14.3. The molecule has 4 aromatic rings. The van der Waals surface area contributed by atoms with Gasteiger partial charge in [-0.1, -0.05) is 50.2 Å². The van der Waals surface area contributed by atoms with Crippen LogP contribution in [0.1, 0.15) is 13.8 Å². The summed E-state index contributed by atoms with van der Waals surface area (Å²) in [4.78, 5) is 12.1. The van der Waals surface area contributed by atoms with Gasteiger partial charge >= 0.3 is 0 Å². The SMILES string of the molecule is CC(C)Cn1cnc(-c2[nH]c(-c3c(F)cccc3F)nc2-c2ccccc2)c1. The van der Waals surface area contributed by atoms with Gasteiger partial charge in [-0.15, -0.1) is 0 Å². The molecule has 0 atom stereocenters. The summed E-state index contributed by atoms with van der Waals surface area (Å²) in [5.74, 6) is -0.709. The molecule has 4 rings (SSSR count). The minimum atomic E-state index is -0.662. The number of nitrogens with one attached hydrogen (secondary N) is 1. The maximum Gasteiger partial charge on any atom is 0.144 e. The van der Waals surface area contributed by atoms with Gasteiger partial charge in [0.15, 0.2) is 0 Å². The summed E-state index contributed by atoms with van der Waals surface area (Å²) in [5, 5.41) is 0. The van der Waals surface area contributed by atoms with Crippen molar-refractivity contribution in [2.75, 3.05) is 0 Å². The Hall–Kier alpha value is -3.28. The Kier molecular flexibility index (Phi) is 4.77. The zero-order chi connectivity index (χ0) is 19.7. The van der Waals surface area contributed by atoms with Crippen molar-refractivity contribution >= 4 is 0 Å². The molecule has 0 unspecified atom stereocenters. The normalized spacial score (nSPS) is 11.3. The number of aromatic nitrogens is 4. The summed E-state index contributed by atoms with van der Waals surface area (Å²) in [6, 6.07) is 13.3. The average molecular weight is 378 g/mol. The number of nitrogens with zero attached hydrogens (tertiary/aromatic N) is 3. The highest BCUT2D eigenvalue weighted by Gasteiger charge is 2.21. The van der Waals surface area contributed by atoms with E-state index in [2.05, 4.69) is 28.8 Å². The third-order valence-electron chi connectivity index (χ3n) is 4.42. The van der Waals surface area contributed by atoms with Crippen molar-refractivity contribution in [3.63, 3.8) is 0 Å². The predicted octanol–water partition coefficient (Wildman–Crippen LogP) is 5.54. The minimum absolute atomic E-state index is 0.142. The summed E-state index contributed by atoms with van der Waals surface area (Å²) in [5.41, 5.74) is 2.58. The molecule has 0 amide bonds. The quantitative estimate of drug-likeness (QED) is 0.495. The Morgan fingerprint density at radius 2 is 1.71 bits per heavy atom. The van der Waals surface area contributed by atoms with Crippen LogP contribution in [0.25, 0.3) is 34.0 Å². The van der Waals surface area contributed by atoms with Gasteiger partial charge in [0.05, 0.1) is 23.3 Å². The van der Waals surface area contributed by atoms with Crippen LogP contribution in [0.15, 0.2) is 61.1 Å². The first-order valence-electron chi connectivity index (χ1n) is 9.15. The van der Waals surface area contributed by atoms with E-state index in [1.165, 1.54) is 18.2 Å². The van der Waals surface area contributed by atoms with E-state index in [0.717, 1.165) is 12.1 Å². The monoisotopic (exact) mass is 378 g/mol.